The number of carbonyl (C=O) groups is 2. The number of benzene rings is 1. The molecule has 1 aliphatic rings. The van der Waals surface area contributed by atoms with Gasteiger partial charge >= 0.3 is 12.0 Å². The standard InChI is InChI=1S/C26H39N7O3/c1-3-4-15-36-26-30-23(27)16-24(31-26)33(25(28)35)18-22-7-5-21(6-8-22)17-32-13-10-20(11-14-32)9-12-29-19(2)34/h5-8,16,20H,3-4,9-15,17-18H2,1-2H3,(H2,28,35)(H,29,34)(H2,27,30,31). The third-order valence-electron chi connectivity index (χ3n) is 6.39. The van der Waals surface area contributed by atoms with Crippen LogP contribution in [0.1, 0.15) is 57.1 Å². The van der Waals surface area contributed by atoms with E-state index in [-0.39, 0.29) is 24.3 Å². The van der Waals surface area contributed by atoms with Gasteiger partial charge in [0.25, 0.3) is 0 Å². The van der Waals surface area contributed by atoms with Crippen LogP contribution in [-0.4, -0.2) is 53.0 Å². The second kappa shape index (κ2) is 13.6. The number of amides is 3. The number of hydrogen-bond acceptors (Lipinski definition) is 7. The van der Waals surface area contributed by atoms with E-state index in [9.17, 15) is 9.59 Å². The average Bonchev–Trinajstić information content (AvgIpc) is 2.84. The molecular formula is C26H39N7O3. The number of nitrogens with two attached hydrogens (primary N) is 2. The van der Waals surface area contributed by atoms with Crippen molar-refractivity contribution in [1.82, 2.24) is 20.2 Å². The number of rotatable bonds is 12. The highest BCUT2D eigenvalue weighted by Gasteiger charge is 2.20. The van der Waals surface area contributed by atoms with Crippen LogP contribution in [0.15, 0.2) is 30.3 Å². The zero-order valence-corrected chi connectivity index (χ0v) is 21.4. The summed E-state index contributed by atoms with van der Waals surface area (Å²) in [5, 5.41) is 2.89. The molecule has 0 radical (unpaired) electrons. The maximum atomic E-state index is 12.2. The Hall–Kier alpha value is -3.40. The van der Waals surface area contributed by atoms with Crippen LogP contribution < -0.4 is 26.4 Å². The Bertz CT molecular complexity index is 992. The second-order valence-corrected chi connectivity index (χ2v) is 9.37. The number of nitrogens with zero attached hydrogens (tertiary/aromatic N) is 4. The van der Waals surface area contributed by atoms with Crippen LogP contribution in [0.5, 0.6) is 6.01 Å². The minimum Gasteiger partial charge on any atom is -0.463 e. The van der Waals surface area contributed by atoms with Crippen molar-refractivity contribution in [3.8, 4) is 6.01 Å². The highest BCUT2D eigenvalue weighted by Crippen LogP contribution is 2.23. The summed E-state index contributed by atoms with van der Waals surface area (Å²) in [6.45, 7) is 8.13. The summed E-state index contributed by atoms with van der Waals surface area (Å²) in [7, 11) is 0. The third kappa shape index (κ3) is 8.67. The fourth-order valence-corrected chi connectivity index (χ4v) is 4.29. The summed E-state index contributed by atoms with van der Waals surface area (Å²) in [6.07, 6.45) is 5.20. The van der Waals surface area contributed by atoms with E-state index in [2.05, 4.69) is 39.2 Å². The van der Waals surface area contributed by atoms with Gasteiger partial charge in [-0.2, -0.15) is 9.97 Å². The second-order valence-electron chi connectivity index (χ2n) is 9.37. The summed E-state index contributed by atoms with van der Waals surface area (Å²) in [4.78, 5) is 35.5. The molecule has 10 heteroatoms. The van der Waals surface area contributed by atoms with E-state index in [1.807, 2.05) is 12.1 Å². The fraction of sp³-hybridized carbons (Fsp3) is 0.538. The normalized spacial score (nSPS) is 14.4. The van der Waals surface area contributed by atoms with Crippen molar-refractivity contribution in [2.24, 2.45) is 11.7 Å². The molecule has 2 aromatic rings. The Kier molecular flexibility index (Phi) is 10.3. The molecule has 10 nitrogen and oxygen atoms in total. The van der Waals surface area contributed by atoms with Crippen LogP contribution >= 0.6 is 0 Å². The van der Waals surface area contributed by atoms with Crippen LogP contribution in [0.3, 0.4) is 0 Å². The smallest absolute Gasteiger partial charge is 0.320 e. The van der Waals surface area contributed by atoms with Gasteiger partial charge in [-0.25, -0.2) is 4.79 Å². The molecule has 196 valence electrons. The minimum atomic E-state index is -0.627. The number of piperidine rings is 1. The van der Waals surface area contributed by atoms with Crippen LogP contribution in [0.25, 0.3) is 0 Å². The van der Waals surface area contributed by atoms with Crippen LogP contribution in [-0.2, 0) is 17.9 Å². The van der Waals surface area contributed by atoms with Crippen molar-refractivity contribution in [2.75, 3.05) is 36.9 Å². The van der Waals surface area contributed by atoms with E-state index >= 15 is 0 Å². The van der Waals surface area contributed by atoms with Gasteiger partial charge in [-0.3, -0.25) is 14.6 Å². The highest BCUT2D eigenvalue weighted by atomic mass is 16.5. The molecule has 0 unspecified atom stereocenters. The summed E-state index contributed by atoms with van der Waals surface area (Å²) in [6, 6.07) is 9.22. The number of ether oxygens (including phenoxy) is 1. The van der Waals surface area contributed by atoms with E-state index in [0.29, 0.717) is 18.3 Å². The molecule has 0 aliphatic carbocycles. The Balaban J connectivity index is 1.55. The van der Waals surface area contributed by atoms with Gasteiger partial charge in [0.05, 0.1) is 13.2 Å². The SMILES string of the molecule is CCCCOc1nc(N)cc(N(Cc2ccc(CN3CCC(CCNC(C)=O)CC3)cc2)C(N)=O)n1. The molecule has 1 aromatic heterocycles. The number of aromatic nitrogens is 2. The van der Waals surface area contributed by atoms with E-state index in [4.69, 9.17) is 16.2 Å². The van der Waals surface area contributed by atoms with Gasteiger partial charge in [-0.1, -0.05) is 37.6 Å². The molecule has 0 bridgehead atoms. The lowest BCUT2D eigenvalue weighted by molar-refractivity contribution is -0.119. The summed E-state index contributed by atoms with van der Waals surface area (Å²) < 4.78 is 5.57. The predicted molar refractivity (Wildman–Crippen MR) is 140 cm³/mol. The van der Waals surface area contributed by atoms with Crippen molar-refractivity contribution in [2.45, 2.75) is 59.0 Å². The molecule has 3 rings (SSSR count). The van der Waals surface area contributed by atoms with Crippen LogP contribution in [0.2, 0.25) is 0 Å². The van der Waals surface area contributed by atoms with Gasteiger partial charge in [0.15, 0.2) is 0 Å². The van der Waals surface area contributed by atoms with Gasteiger partial charge in [0, 0.05) is 26.1 Å². The van der Waals surface area contributed by atoms with E-state index < -0.39 is 6.03 Å². The fourth-order valence-electron chi connectivity index (χ4n) is 4.29. The lowest BCUT2D eigenvalue weighted by Gasteiger charge is -2.32. The van der Waals surface area contributed by atoms with E-state index in [1.54, 1.807) is 6.92 Å². The number of carbonyl (C=O) groups excluding carboxylic acids is 2. The Morgan fingerprint density at radius 2 is 1.86 bits per heavy atom. The largest absolute Gasteiger partial charge is 0.463 e. The monoisotopic (exact) mass is 497 g/mol. The van der Waals surface area contributed by atoms with Gasteiger partial charge in [-0.15, -0.1) is 0 Å². The van der Waals surface area contributed by atoms with Crippen molar-refractivity contribution >= 4 is 23.6 Å². The number of nitrogen functional groups attached to an aromatic ring is 1. The summed E-state index contributed by atoms with van der Waals surface area (Å²) in [5.74, 6) is 1.24. The van der Waals surface area contributed by atoms with Gasteiger partial charge in [0.1, 0.15) is 11.6 Å². The zero-order chi connectivity index (χ0) is 25.9. The lowest BCUT2D eigenvalue weighted by atomic mass is 9.93. The van der Waals surface area contributed by atoms with Crippen molar-refractivity contribution in [3.05, 3.63) is 41.5 Å². The first-order valence-corrected chi connectivity index (χ1v) is 12.7. The molecule has 1 fully saturated rings. The number of primary amides is 1. The Labute approximate surface area is 213 Å². The van der Waals surface area contributed by atoms with E-state index in [0.717, 1.165) is 63.8 Å². The van der Waals surface area contributed by atoms with E-state index in [1.165, 1.54) is 16.5 Å². The van der Waals surface area contributed by atoms with Gasteiger partial charge < -0.3 is 21.5 Å². The Morgan fingerprint density at radius 3 is 2.50 bits per heavy atom. The first-order chi connectivity index (χ1) is 17.3. The number of hydrogen-bond donors (Lipinski definition) is 3. The first-order valence-electron chi connectivity index (χ1n) is 12.7. The maximum absolute atomic E-state index is 12.2. The number of urea groups is 1. The van der Waals surface area contributed by atoms with Gasteiger partial charge in [0.2, 0.25) is 5.91 Å². The molecule has 2 heterocycles. The lowest BCUT2D eigenvalue weighted by Crippen LogP contribution is -2.36. The molecule has 1 aromatic carbocycles. The van der Waals surface area contributed by atoms with Crippen LogP contribution in [0.4, 0.5) is 16.4 Å². The first kappa shape index (κ1) is 27.2. The molecule has 1 aliphatic heterocycles. The van der Waals surface area contributed by atoms with Gasteiger partial charge in [-0.05, 0) is 55.8 Å². The quantitative estimate of drug-likeness (QED) is 0.383. The minimum absolute atomic E-state index is 0.0391. The summed E-state index contributed by atoms with van der Waals surface area (Å²) in [5.41, 5.74) is 13.7. The van der Waals surface area contributed by atoms with Crippen LogP contribution in [0, 0.1) is 5.92 Å². The molecule has 36 heavy (non-hydrogen) atoms. The average molecular weight is 498 g/mol. The summed E-state index contributed by atoms with van der Waals surface area (Å²) >= 11 is 0. The maximum Gasteiger partial charge on any atom is 0.320 e. The highest BCUT2D eigenvalue weighted by molar-refractivity contribution is 5.89. The molecule has 5 N–H and O–H groups in total. The predicted octanol–water partition coefficient (Wildman–Crippen LogP) is 3.06. The molecule has 0 spiro atoms. The number of anilines is 2. The molecule has 3 amide bonds. The zero-order valence-electron chi connectivity index (χ0n) is 21.4. The van der Waals surface area contributed by atoms with Crippen molar-refractivity contribution in [1.29, 1.82) is 0 Å². The number of nitrogens with one attached hydrogen (secondary N) is 1. The Morgan fingerprint density at radius 1 is 1.17 bits per heavy atom. The molecule has 1 saturated heterocycles. The number of unbranched alkanes of at least 4 members (excludes halogenated alkanes) is 1. The topological polar surface area (TPSA) is 140 Å². The van der Waals surface area contributed by atoms with Crippen molar-refractivity contribution in [3.63, 3.8) is 0 Å². The number of likely N-dealkylation sites (tertiary alicyclic amines) is 1. The third-order valence-corrected chi connectivity index (χ3v) is 6.39. The molecule has 0 saturated carbocycles. The molecule has 0 atom stereocenters. The molecular weight excluding hydrogens is 458 g/mol. The van der Waals surface area contributed by atoms with Crippen molar-refractivity contribution < 1.29 is 14.3 Å².